The normalized spacial score (nSPS) is 12.7. The maximum atomic E-state index is 14.2. The molecule has 5 N–H and O–H groups in total. The number of aryl methyl sites for hydroxylation is 2. The number of rotatable bonds is 9. The number of aliphatic hydroxyl groups excluding tert-OH is 1. The van der Waals surface area contributed by atoms with Crippen molar-refractivity contribution in [1.82, 2.24) is 19.7 Å². The molecule has 2 atom stereocenters. The first-order chi connectivity index (χ1) is 20.2. The molecule has 216 valence electrons. The number of hydrogen-bond acceptors (Lipinski definition) is 6. The van der Waals surface area contributed by atoms with Gasteiger partial charge in [-0.3, -0.25) is 14.3 Å². The van der Waals surface area contributed by atoms with Gasteiger partial charge in [0, 0.05) is 67.9 Å². The Morgan fingerprint density at radius 2 is 1.93 bits per heavy atom. The zero-order valence-electron chi connectivity index (χ0n) is 24.3. The number of likely N-dealkylation sites (N-methyl/N-ethyl adjacent to an activating group) is 1. The van der Waals surface area contributed by atoms with E-state index in [1.807, 2.05) is 81.6 Å². The predicted molar refractivity (Wildman–Crippen MR) is 167 cm³/mol. The van der Waals surface area contributed by atoms with E-state index in [1.54, 1.807) is 35.1 Å². The fraction of sp³-hybridized carbons (Fsp3) is 0.242. The number of amides is 1. The molecule has 5 rings (SSSR count). The van der Waals surface area contributed by atoms with E-state index in [0.717, 1.165) is 38.9 Å². The molecule has 0 saturated carbocycles. The summed E-state index contributed by atoms with van der Waals surface area (Å²) in [6.45, 7) is 4.31. The maximum Gasteiger partial charge on any atom is 0.255 e. The number of aliphatic hydroxyl groups is 1. The van der Waals surface area contributed by atoms with Crippen molar-refractivity contribution in [2.75, 3.05) is 24.7 Å². The molecule has 1 amide bonds. The summed E-state index contributed by atoms with van der Waals surface area (Å²) in [7, 11) is 3.65. The number of nitrogen functional groups attached to an aromatic ring is 1. The molecule has 0 fully saturated rings. The van der Waals surface area contributed by atoms with Crippen LogP contribution in [0, 0.1) is 6.92 Å². The van der Waals surface area contributed by atoms with E-state index in [0.29, 0.717) is 23.3 Å². The van der Waals surface area contributed by atoms with Gasteiger partial charge in [-0.1, -0.05) is 37.3 Å². The quantitative estimate of drug-likeness (QED) is 0.192. The molecule has 9 nitrogen and oxygen atoms in total. The van der Waals surface area contributed by atoms with E-state index in [4.69, 9.17) is 5.73 Å². The van der Waals surface area contributed by atoms with Gasteiger partial charge in [0.1, 0.15) is 6.04 Å². The van der Waals surface area contributed by atoms with E-state index in [2.05, 4.69) is 15.4 Å². The fourth-order valence-corrected chi connectivity index (χ4v) is 5.44. The first-order valence-electron chi connectivity index (χ1n) is 13.9. The Morgan fingerprint density at radius 3 is 2.64 bits per heavy atom. The molecule has 3 aromatic carbocycles. The van der Waals surface area contributed by atoms with Crippen LogP contribution in [-0.2, 0) is 18.4 Å². The zero-order valence-corrected chi connectivity index (χ0v) is 24.3. The van der Waals surface area contributed by atoms with Crippen molar-refractivity contribution in [2.45, 2.75) is 32.4 Å². The summed E-state index contributed by atoms with van der Waals surface area (Å²) < 4.78 is 1.79. The van der Waals surface area contributed by atoms with Crippen LogP contribution in [0.5, 0.6) is 0 Å². The smallest absolute Gasteiger partial charge is 0.255 e. The third kappa shape index (κ3) is 5.77. The fourth-order valence-electron chi connectivity index (χ4n) is 5.44. The number of H-pyrrole nitrogens is 1. The van der Waals surface area contributed by atoms with Gasteiger partial charge in [-0.25, -0.2) is 0 Å². The summed E-state index contributed by atoms with van der Waals surface area (Å²) in [5.74, 6) is -0.178. The predicted octanol–water partition coefficient (Wildman–Crippen LogP) is 4.73. The number of fused-ring (bicyclic) bond motifs is 1. The highest BCUT2D eigenvalue weighted by Gasteiger charge is 2.26. The molecule has 9 heteroatoms. The van der Waals surface area contributed by atoms with Gasteiger partial charge in [0.25, 0.3) is 5.56 Å². The summed E-state index contributed by atoms with van der Waals surface area (Å²) in [4.78, 5) is 31.1. The number of pyridine rings is 1. The lowest BCUT2D eigenvalue weighted by Gasteiger charge is -2.27. The topological polar surface area (TPSA) is 129 Å². The van der Waals surface area contributed by atoms with Crippen molar-refractivity contribution in [1.29, 1.82) is 0 Å². The van der Waals surface area contributed by atoms with E-state index in [1.165, 1.54) is 0 Å². The number of nitrogens with one attached hydrogen (secondary N) is 2. The minimum absolute atomic E-state index is 0.0231. The van der Waals surface area contributed by atoms with Crippen LogP contribution in [0.15, 0.2) is 83.9 Å². The van der Waals surface area contributed by atoms with Crippen LogP contribution >= 0.6 is 0 Å². The van der Waals surface area contributed by atoms with Crippen molar-refractivity contribution < 1.29 is 9.90 Å². The van der Waals surface area contributed by atoms with Crippen molar-refractivity contribution in [2.24, 2.45) is 7.05 Å². The van der Waals surface area contributed by atoms with Crippen molar-refractivity contribution in [3.8, 4) is 11.3 Å². The molecule has 2 heterocycles. The number of carbonyl (C=O) groups is 1. The number of nitrogens with two attached hydrogens (primary N) is 1. The Balaban J connectivity index is 1.52. The van der Waals surface area contributed by atoms with E-state index in [-0.39, 0.29) is 24.0 Å². The second-order valence-electron chi connectivity index (χ2n) is 10.8. The summed E-state index contributed by atoms with van der Waals surface area (Å²) in [5.41, 5.74) is 12.8. The van der Waals surface area contributed by atoms with E-state index in [9.17, 15) is 14.7 Å². The molecule has 0 bridgehead atoms. The van der Waals surface area contributed by atoms with Crippen molar-refractivity contribution >= 4 is 28.1 Å². The summed E-state index contributed by atoms with van der Waals surface area (Å²) in [5, 5.41) is 18.8. The molecule has 42 heavy (non-hydrogen) atoms. The van der Waals surface area contributed by atoms with Gasteiger partial charge in [-0.15, -0.1) is 0 Å². The number of aromatic amines is 1. The van der Waals surface area contributed by atoms with Crippen LogP contribution in [0.3, 0.4) is 0 Å². The van der Waals surface area contributed by atoms with Crippen LogP contribution < -0.4 is 16.6 Å². The maximum absolute atomic E-state index is 14.2. The first kappa shape index (κ1) is 28.6. The third-order valence-corrected chi connectivity index (χ3v) is 7.78. The Kier molecular flexibility index (Phi) is 8.13. The second-order valence-corrected chi connectivity index (χ2v) is 10.8. The highest BCUT2D eigenvalue weighted by atomic mass is 16.3. The molecule has 0 radical (unpaired) electrons. The lowest BCUT2D eigenvalue weighted by Crippen LogP contribution is -2.35. The molecule has 2 aromatic heterocycles. The van der Waals surface area contributed by atoms with Gasteiger partial charge < -0.3 is 26.0 Å². The SMILES string of the molecule is Cc1cc(C(Nc2ccc3cc[nH]c(=O)c3c2)C(=O)N(C)Cc2cc(N)ccc2-c2ccnn2C)ccc1[C@@H](C)CO. The number of nitrogens with zero attached hydrogens (tertiary/aromatic N) is 3. The summed E-state index contributed by atoms with van der Waals surface area (Å²) in [6, 6.07) is 20.1. The van der Waals surface area contributed by atoms with Gasteiger partial charge in [0.2, 0.25) is 5.91 Å². The van der Waals surface area contributed by atoms with Crippen LogP contribution in [0.4, 0.5) is 11.4 Å². The molecule has 0 aliphatic rings. The highest BCUT2D eigenvalue weighted by molar-refractivity contribution is 5.89. The van der Waals surface area contributed by atoms with Crippen LogP contribution in [0.25, 0.3) is 22.0 Å². The molecular formula is C33H36N6O3. The van der Waals surface area contributed by atoms with Crippen LogP contribution in [0.1, 0.15) is 41.1 Å². The third-order valence-electron chi connectivity index (χ3n) is 7.78. The monoisotopic (exact) mass is 564 g/mol. The lowest BCUT2D eigenvalue weighted by atomic mass is 9.93. The molecule has 0 aliphatic heterocycles. The average Bonchev–Trinajstić information content (AvgIpc) is 3.41. The van der Waals surface area contributed by atoms with E-state index < -0.39 is 6.04 Å². The molecule has 1 unspecified atom stereocenters. The van der Waals surface area contributed by atoms with E-state index >= 15 is 0 Å². The number of aromatic nitrogens is 3. The molecular weight excluding hydrogens is 528 g/mol. The standard InChI is InChI=1S/C33H36N6O3/c1-20-15-23(6-9-27(20)21(2)19-40)31(37-26-8-5-22-11-13-35-32(41)29(22)17-26)33(42)38(3)18-24-16-25(34)7-10-28(24)30-12-14-36-39(30)4/h5-17,21,31,37,40H,18-19,34H2,1-4H3,(H,35,41)/t21-,31?/m0/s1. The number of benzene rings is 3. The molecule has 0 spiro atoms. The highest BCUT2D eigenvalue weighted by Crippen LogP contribution is 2.30. The lowest BCUT2D eigenvalue weighted by molar-refractivity contribution is -0.131. The Morgan fingerprint density at radius 1 is 1.12 bits per heavy atom. The minimum Gasteiger partial charge on any atom is -0.399 e. The number of carbonyl (C=O) groups excluding carboxylic acids is 1. The minimum atomic E-state index is -0.742. The first-order valence-corrected chi connectivity index (χ1v) is 13.9. The van der Waals surface area contributed by atoms with Crippen molar-refractivity contribution in [3.05, 3.63) is 112 Å². The number of hydrogen-bond donors (Lipinski definition) is 4. The Bertz CT molecular complexity index is 1810. The largest absolute Gasteiger partial charge is 0.399 e. The van der Waals surface area contributed by atoms with Crippen molar-refractivity contribution in [3.63, 3.8) is 0 Å². The van der Waals surface area contributed by atoms with Gasteiger partial charge >= 0.3 is 0 Å². The molecule has 5 aromatic rings. The van der Waals surface area contributed by atoms with Crippen LogP contribution in [0.2, 0.25) is 0 Å². The summed E-state index contributed by atoms with van der Waals surface area (Å²) >= 11 is 0. The van der Waals surface area contributed by atoms with Gasteiger partial charge in [-0.2, -0.15) is 5.10 Å². The molecule has 0 saturated heterocycles. The van der Waals surface area contributed by atoms with Crippen LogP contribution in [-0.4, -0.2) is 44.3 Å². The molecule has 0 aliphatic carbocycles. The van der Waals surface area contributed by atoms with Gasteiger partial charge in [0.15, 0.2) is 0 Å². The summed E-state index contributed by atoms with van der Waals surface area (Å²) in [6.07, 6.45) is 3.36. The Labute approximate surface area is 244 Å². The van der Waals surface area contributed by atoms with Gasteiger partial charge in [0.05, 0.1) is 5.69 Å². The Hall–Kier alpha value is -4.89. The van der Waals surface area contributed by atoms with Gasteiger partial charge in [-0.05, 0) is 71.0 Å². The average molecular weight is 565 g/mol. The number of anilines is 2. The second kappa shape index (κ2) is 11.9. The zero-order chi connectivity index (χ0) is 30.0.